The molecule has 2 aliphatic heterocycles. The number of aliphatic hydroxyl groups is 8. The van der Waals surface area contributed by atoms with Crippen LogP contribution in [0.2, 0.25) is 0 Å². The maximum absolute atomic E-state index is 13.2. The number of unbranched alkanes of at least 4 members (excludes halogenated alkanes) is 14. The quantitative estimate of drug-likeness (QED) is 0.0208. The number of rotatable bonds is 41. The summed E-state index contributed by atoms with van der Waals surface area (Å²) in [6.07, 6.45) is 41.5. The Morgan fingerprint density at radius 1 is 0.514 bits per heavy atom. The minimum atomic E-state index is -1.80. The first-order valence-electron chi connectivity index (χ1n) is 27.5. The standard InChI is InChI=1S/C58H97NO13/c1-3-5-7-9-11-13-15-17-18-19-20-21-22-23-24-25-26-27-28-30-32-34-36-38-40-42-50(63)59-46(47(62)41-39-37-35-33-31-29-16-14-12-10-8-6-4-2)45-69-57-55(68)53(66)56(49(44-61)71-57)72-58-54(67)52(65)51(64)48(43-60)70-58/h5,7,11,13,17-18,20-21,23-24,26-27,30,32,39,41,46-49,51-58,60-62,64-68H,3-4,6,8-10,12,14-16,19,22,25,28-29,31,33-38,40,42-45H2,1-2H3,(H,59,63)/b7-5-,13-11-,18-17-,21-20-,24-23-,27-26-,32-30-,41-39+. The molecule has 0 bridgehead atoms. The van der Waals surface area contributed by atoms with E-state index in [4.69, 9.17) is 18.9 Å². The van der Waals surface area contributed by atoms with E-state index in [2.05, 4.69) is 104 Å². The average Bonchev–Trinajstić information content (AvgIpc) is 3.38. The lowest BCUT2D eigenvalue weighted by Crippen LogP contribution is -2.65. The first-order valence-corrected chi connectivity index (χ1v) is 27.5. The molecule has 2 rings (SSSR count). The molecule has 0 aromatic rings. The summed E-state index contributed by atoms with van der Waals surface area (Å²) in [5.74, 6) is -0.277. The van der Waals surface area contributed by atoms with Crippen molar-refractivity contribution in [1.29, 1.82) is 0 Å². The van der Waals surface area contributed by atoms with Crippen molar-refractivity contribution in [1.82, 2.24) is 5.32 Å². The van der Waals surface area contributed by atoms with Gasteiger partial charge >= 0.3 is 0 Å². The van der Waals surface area contributed by atoms with Gasteiger partial charge in [0.15, 0.2) is 12.6 Å². The monoisotopic (exact) mass is 1020 g/mol. The minimum absolute atomic E-state index is 0.235. The summed E-state index contributed by atoms with van der Waals surface area (Å²) >= 11 is 0. The number of carbonyl (C=O) groups is 1. The summed E-state index contributed by atoms with van der Waals surface area (Å²) in [5, 5.41) is 86.8. The smallest absolute Gasteiger partial charge is 0.220 e. The predicted octanol–water partition coefficient (Wildman–Crippen LogP) is 8.32. The molecule has 0 saturated carbocycles. The van der Waals surface area contributed by atoms with E-state index in [-0.39, 0.29) is 18.9 Å². The highest BCUT2D eigenvalue weighted by Crippen LogP contribution is 2.30. The lowest BCUT2D eigenvalue weighted by molar-refractivity contribution is -0.359. The van der Waals surface area contributed by atoms with Crippen LogP contribution in [0.15, 0.2) is 97.2 Å². The van der Waals surface area contributed by atoms with E-state index in [0.717, 1.165) is 89.9 Å². The van der Waals surface area contributed by atoms with Crippen LogP contribution in [0.3, 0.4) is 0 Å². The number of hydrogen-bond donors (Lipinski definition) is 9. The Kier molecular flexibility index (Phi) is 39.0. The topological polar surface area (TPSA) is 228 Å². The summed E-state index contributed by atoms with van der Waals surface area (Å²) in [6, 6.07) is -0.938. The first kappa shape index (κ1) is 65.0. The van der Waals surface area contributed by atoms with Gasteiger partial charge in [0, 0.05) is 6.42 Å². The number of allylic oxidation sites excluding steroid dienone is 15. The lowest BCUT2D eigenvalue weighted by atomic mass is 9.97. The Bertz CT molecular complexity index is 1570. The molecular formula is C58H97NO13. The van der Waals surface area contributed by atoms with E-state index in [1.54, 1.807) is 6.08 Å². The molecule has 0 aromatic carbocycles. The SMILES string of the molecule is CC/C=C\C/C=C\C/C=C\C/C=C\C/C=C\C/C=C\C/C=C\CCCCCC(=O)NC(COC1OC(CO)C(OC2OC(CO)C(O)C(O)C2O)C(O)C1O)C(O)/C=C/CCCCCCCCCCCCC. The Morgan fingerprint density at radius 2 is 0.958 bits per heavy atom. The second-order valence-electron chi connectivity index (χ2n) is 19.0. The van der Waals surface area contributed by atoms with E-state index in [1.807, 2.05) is 6.08 Å². The third kappa shape index (κ3) is 29.1. The van der Waals surface area contributed by atoms with Gasteiger partial charge in [0.05, 0.1) is 32.0 Å². The van der Waals surface area contributed by atoms with Crippen LogP contribution in [-0.4, -0.2) is 140 Å². The van der Waals surface area contributed by atoms with Crippen LogP contribution >= 0.6 is 0 Å². The zero-order chi connectivity index (χ0) is 52.4. The van der Waals surface area contributed by atoms with Gasteiger partial charge in [-0.1, -0.05) is 182 Å². The maximum Gasteiger partial charge on any atom is 0.220 e. The number of nitrogens with one attached hydrogen (secondary N) is 1. The van der Waals surface area contributed by atoms with Crippen molar-refractivity contribution in [3.8, 4) is 0 Å². The van der Waals surface area contributed by atoms with Crippen molar-refractivity contribution >= 4 is 5.91 Å². The lowest BCUT2D eigenvalue weighted by Gasteiger charge is -2.46. The van der Waals surface area contributed by atoms with Gasteiger partial charge in [0.25, 0.3) is 0 Å². The fourth-order valence-corrected chi connectivity index (χ4v) is 8.33. The molecule has 1 amide bonds. The van der Waals surface area contributed by atoms with E-state index in [9.17, 15) is 45.6 Å². The molecule has 12 atom stereocenters. The van der Waals surface area contributed by atoms with Gasteiger partial charge in [0.2, 0.25) is 5.91 Å². The summed E-state index contributed by atoms with van der Waals surface area (Å²) in [7, 11) is 0. The van der Waals surface area contributed by atoms with Crippen LogP contribution in [0.25, 0.3) is 0 Å². The minimum Gasteiger partial charge on any atom is -0.394 e. The maximum atomic E-state index is 13.2. The molecule has 2 fully saturated rings. The summed E-state index contributed by atoms with van der Waals surface area (Å²) in [4.78, 5) is 13.2. The van der Waals surface area contributed by atoms with Crippen molar-refractivity contribution in [3.63, 3.8) is 0 Å². The number of carbonyl (C=O) groups excluding carboxylic acids is 1. The highest BCUT2D eigenvalue weighted by atomic mass is 16.7. The third-order valence-corrected chi connectivity index (χ3v) is 12.8. The zero-order valence-electron chi connectivity index (χ0n) is 43.9. The largest absolute Gasteiger partial charge is 0.394 e. The van der Waals surface area contributed by atoms with Crippen LogP contribution < -0.4 is 5.32 Å². The average molecular weight is 1020 g/mol. The van der Waals surface area contributed by atoms with Gasteiger partial charge in [-0.2, -0.15) is 0 Å². The van der Waals surface area contributed by atoms with Crippen LogP contribution in [0.1, 0.15) is 168 Å². The van der Waals surface area contributed by atoms with Gasteiger partial charge in [-0.15, -0.1) is 0 Å². The van der Waals surface area contributed by atoms with E-state index >= 15 is 0 Å². The highest BCUT2D eigenvalue weighted by molar-refractivity contribution is 5.76. The van der Waals surface area contributed by atoms with E-state index < -0.39 is 86.8 Å². The second kappa shape index (κ2) is 43.2. The predicted molar refractivity (Wildman–Crippen MR) is 286 cm³/mol. The number of aliphatic hydroxyl groups excluding tert-OH is 8. The molecule has 0 spiro atoms. The fraction of sp³-hybridized carbons (Fsp3) is 0.707. The van der Waals surface area contributed by atoms with Gasteiger partial charge < -0.3 is 65.1 Å². The normalized spacial score (nSPS) is 26.4. The summed E-state index contributed by atoms with van der Waals surface area (Å²) < 4.78 is 22.7. The molecule has 9 N–H and O–H groups in total. The van der Waals surface area contributed by atoms with E-state index in [1.165, 1.54) is 51.4 Å². The summed E-state index contributed by atoms with van der Waals surface area (Å²) in [6.45, 7) is 2.62. The van der Waals surface area contributed by atoms with Gasteiger partial charge in [-0.3, -0.25) is 4.79 Å². The molecule has 12 unspecified atom stereocenters. The van der Waals surface area contributed by atoms with Crippen molar-refractivity contribution in [2.45, 2.75) is 242 Å². The second-order valence-corrected chi connectivity index (χ2v) is 19.0. The Hall–Kier alpha value is -3.09. The van der Waals surface area contributed by atoms with Gasteiger partial charge in [0.1, 0.15) is 48.8 Å². The van der Waals surface area contributed by atoms with Crippen LogP contribution in [0.5, 0.6) is 0 Å². The molecule has 14 nitrogen and oxygen atoms in total. The van der Waals surface area contributed by atoms with Crippen LogP contribution in [0, 0.1) is 0 Å². The number of ether oxygens (including phenoxy) is 4. The molecule has 14 heteroatoms. The Balaban J connectivity index is 1.81. The molecule has 0 radical (unpaired) electrons. The Morgan fingerprint density at radius 3 is 1.47 bits per heavy atom. The number of amides is 1. The van der Waals surface area contributed by atoms with Crippen LogP contribution in [0.4, 0.5) is 0 Å². The molecule has 72 heavy (non-hydrogen) atoms. The van der Waals surface area contributed by atoms with E-state index in [0.29, 0.717) is 6.42 Å². The molecule has 2 heterocycles. The van der Waals surface area contributed by atoms with Crippen molar-refractivity contribution < 1.29 is 64.6 Å². The molecular weight excluding hydrogens is 919 g/mol. The Labute approximate surface area is 433 Å². The molecule has 2 saturated heterocycles. The fourth-order valence-electron chi connectivity index (χ4n) is 8.33. The van der Waals surface area contributed by atoms with Crippen LogP contribution in [-0.2, 0) is 23.7 Å². The van der Waals surface area contributed by atoms with Gasteiger partial charge in [-0.05, 0) is 77.0 Å². The summed E-state index contributed by atoms with van der Waals surface area (Å²) in [5.41, 5.74) is 0. The van der Waals surface area contributed by atoms with Crippen molar-refractivity contribution in [3.05, 3.63) is 97.2 Å². The molecule has 412 valence electrons. The third-order valence-electron chi connectivity index (χ3n) is 12.8. The molecule has 0 aromatic heterocycles. The zero-order valence-corrected chi connectivity index (χ0v) is 43.9. The molecule has 0 aliphatic carbocycles. The van der Waals surface area contributed by atoms with Crippen molar-refractivity contribution in [2.24, 2.45) is 0 Å². The number of hydrogen-bond acceptors (Lipinski definition) is 13. The molecule has 2 aliphatic rings. The van der Waals surface area contributed by atoms with Gasteiger partial charge in [-0.25, -0.2) is 0 Å². The first-order chi connectivity index (χ1) is 35.1. The van der Waals surface area contributed by atoms with Crippen molar-refractivity contribution in [2.75, 3.05) is 19.8 Å². The highest BCUT2D eigenvalue weighted by Gasteiger charge is 2.51.